The van der Waals surface area contributed by atoms with Crippen LogP contribution in [-0.2, 0) is 25.1 Å². The molecule has 0 unspecified atom stereocenters. The predicted molar refractivity (Wildman–Crippen MR) is 124 cm³/mol. The Morgan fingerprint density at radius 3 is 2.37 bits per heavy atom. The van der Waals surface area contributed by atoms with E-state index in [1.165, 1.54) is 28.9 Å². The average molecular weight is 482 g/mol. The van der Waals surface area contributed by atoms with Crippen LogP contribution in [0.15, 0.2) is 48.8 Å². The molecule has 5 nitrogen and oxygen atoms in total. The second kappa shape index (κ2) is 7.66. The Hall–Kier alpha value is -3.69. The molecule has 1 amide bonds. The molecule has 0 spiro atoms. The van der Waals surface area contributed by atoms with Crippen molar-refractivity contribution >= 4 is 32.5 Å². The van der Waals surface area contributed by atoms with Crippen molar-refractivity contribution in [1.29, 1.82) is 0 Å². The monoisotopic (exact) mass is 482 g/mol. The van der Waals surface area contributed by atoms with Crippen molar-refractivity contribution in [3.63, 3.8) is 0 Å². The van der Waals surface area contributed by atoms with Gasteiger partial charge in [-0.25, -0.2) is 8.78 Å². The summed E-state index contributed by atoms with van der Waals surface area (Å²) in [6.45, 7) is -0.338. The molecule has 0 saturated heterocycles. The van der Waals surface area contributed by atoms with Gasteiger partial charge in [0, 0.05) is 35.7 Å². The normalized spacial score (nSPS) is 15.1. The Morgan fingerprint density at radius 1 is 1.06 bits per heavy atom. The number of alkyl halides is 3. The van der Waals surface area contributed by atoms with Crippen LogP contribution in [0.2, 0.25) is 0 Å². The molecule has 0 atom stereocenters. The van der Waals surface area contributed by atoms with E-state index in [0.29, 0.717) is 11.3 Å². The quantitative estimate of drug-likeness (QED) is 0.334. The topological polar surface area (TPSA) is 51.0 Å². The van der Waals surface area contributed by atoms with Gasteiger partial charge < -0.3 is 4.90 Å². The SMILES string of the molecule is BC1(B)c2ncccc2C(=O)N1Cc1c(F)cc(-c2ccc(C(F)(F)F)c3nn(C)cc23)cc1F. The van der Waals surface area contributed by atoms with Gasteiger partial charge in [0.2, 0.25) is 0 Å². The van der Waals surface area contributed by atoms with E-state index in [1.54, 1.807) is 34.0 Å². The highest BCUT2D eigenvalue weighted by Gasteiger charge is 2.44. The molecule has 4 aromatic rings. The third-order valence-corrected chi connectivity index (χ3v) is 6.40. The number of aryl methyl sites for hydroxylation is 1. The average Bonchev–Trinajstić information content (AvgIpc) is 3.25. The zero-order valence-electron chi connectivity index (χ0n) is 18.9. The molecule has 0 N–H and O–H groups in total. The van der Waals surface area contributed by atoms with Gasteiger partial charge in [-0.15, -0.1) is 0 Å². The maximum absolute atomic E-state index is 15.2. The van der Waals surface area contributed by atoms with Gasteiger partial charge >= 0.3 is 6.18 Å². The Balaban J connectivity index is 1.56. The van der Waals surface area contributed by atoms with Crippen LogP contribution in [0.25, 0.3) is 22.0 Å². The molecule has 3 heterocycles. The second-order valence-corrected chi connectivity index (χ2v) is 8.99. The number of benzene rings is 2. The summed E-state index contributed by atoms with van der Waals surface area (Å²) in [6.07, 6.45) is -1.71. The Labute approximate surface area is 198 Å². The van der Waals surface area contributed by atoms with Gasteiger partial charge in [-0.1, -0.05) is 6.07 Å². The lowest BCUT2D eigenvalue weighted by Gasteiger charge is -2.32. The molecule has 2 aromatic heterocycles. The molecule has 2 aromatic carbocycles. The van der Waals surface area contributed by atoms with Crippen molar-refractivity contribution in [2.24, 2.45) is 7.05 Å². The molecule has 12 heteroatoms. The largest absolute Gasteiger partial charge is 0.418 e. The summed E-state index contributed by atoms with van der Waals surface area (Å²) >= 11 is 0. The smallest absolute Gasteiger partial charge is 0.339 e. The first kappa shape index (κ1) is 23.1. The third-order valence-electron chi connectivity index (χ3n) is 6.40. The highest BCUT2D eigenvalue weighted by molar-refractivity contribution is 6.42. The number of amides is 1. The number of hydrogen-bond donors (Lipinski definition) is 0. The molecule has 0 bridgehead atoms. The van der Waals surface area contributed by atoms with E-state index in [9.17, 15) is 18.0 Å². The molecule has 1 aliphatic rings. The number of fused-ring (bicyclic) bond motifs is 2. The van der Waals surface area contributed by atoms with Crippen LogP contribution < -0.4 is 0 Å². The van der Waals surface area contributed by atoms with Gasteiger partial charge in [0.25, 0.3) is 5.91 Å². The molecule has 35 heavy (non-hydrogen) atoms. The van der Waals surface area contributed by atoms with E-state index in [1.807, 2.05) is 0 Å². The Bertz CT molecular complexity index is 1490. The lowest BCUT2D eigenvalue weighted by atomic mass is 9.59. The number of halogens is 5. The molecule has 0 radical (unpaired) electrons. The summed E-state index contributed by atoms with van der Waals surface area (Å²) in [5.74, 6) is -2.21. The lowest BCUT2D eigenvalue weighted by Crippen LogP contribution is -2.45. The number of carbonyl (C=O) groups is 1. The molecule has 0 aliphatic carbocycles. The van der Waals surface area contributed by atoms with Crippen molar-refractivity contribution < 1.29 is 26.7 Å². The fraction of sp³-hybridized carbons (Fsp3) is 0.174. The first-order valence-corrected chi connectivity index (χ1v) is 10.7. The van der Waals surface area contributed by atoms with Crippen molar-refractivity contribution in [1.82, 2.24) is 19.7 Å². The number of nitrogens with zero attached hydrogens (tertiary/aromatic N) is 4. The van der Waals surface area contributed by atoms with Crippen LogP contribution in [0.4, 0.5) is 22.0 Å². The fourth-order valence-electron chi connectivity index (χ4n) is 4.63. The zero-order chi connectivity index (χ0) is 25.3. The maximum atomic E-state index is 15.2. The number of aromatic nitrogens is 3. The van der Waals surface area contributed by atoms with Crippen LogP contribution in [0.5, 0.6) is 0 Å². The first-order valence-electron chi connectivity index (χ1n) is 10.7. The van der Waals surface area contributed by atoms with E-state index in [0.717, 1.165) is 18.2 Å². The highest BCUT2D eigenvalue weighted by Crippen LogP contribution is 2.39. The molecule has 5 rings (SSSR count). The van der Waals surface area contributed by atoms with E-state index in [4.69, 9.17) is 0 Å². The van der Waals surface area contributed by atoms with Crippen LogP contribution in [0, 0.1) is 11.6 Å². The molecule has 0 saturated carbocycles. The van der Waals surface area contributed by atoms with E-state index in [2.05, 4.69) is 10.1 Å². The van der Waals surface area contributed by atoms with E-state index in [-0.39, 0.29) is 40.0 Å². The number of carbonyl (C=O) groups excluding carboxylic acids is 1. The molecular formula is C23H17B2F5N4O. The highest BCUT2D eigenvalue weighted by atomic mass is 19.4. The minimum Gasteiger partial charge on any atom is -0.339 e. The standard InChI is InChI=1S/C23H17B2F5N4O/c1-33-9-14-12(4-5-16(19(14)32-33)23(28,29)30)11-7-17(26)15(18(27)8-11)10-34-21(35)13-3-2-6-31-20(13)22(34,24)25/h2-9H,10,24-25H2,1H3. The van der Waals surface area contributed by atoms with Crippen LogP contribution in [0.1, 0.15) is 27.2 Å². The molecule has 176 valence electrons. The molecular weight excluding hydrogens is 465 g/mol. The van der Waals surface area contributed by atoms with Crippen LogP contribution >= 0.6 is 0 Å². The van der Waals surface area contributed by atoms with E-state index < -0.39 is 28.7 Å². The van der Waals surface area contributed by atoms with Crippen molar-refractivity contribution in [3.05, 3.63) is 82.8 Å². The van der Waals surface area contributed by atoms with Crippen molar-refractivity contribution in [3.8, 4) is 11.1 Å². The maximum Gasteiger partial charge on any atom is 0.418 e. The lowest BCUT2D eigenvalue weighted by molar-refractivity contribution is -0.136. The minimum atomic E-state index is -4.63. The van der Waals surface area contributed by atoms with Gasteiger partial charge in [-0.3, -0.25) is 14.5 Å². The number of hydrogen-bond acceptors (Lipinski definition) is 3. The second-order valence-electron chi connectivity index (χ2n) is 8.99. The van der Waals surface area contributed by atoms with Gasteiger partial charge in [-0.2, -0.15) is 18.3 Å². The number of rotatable bonds is 3. The summed E-state index contributed by atoms with van der Waals surface area (Å²) in [7, 11) is 4.96. The zero-order valence-corrected chi connectivity index (χ0v) is 18.9. The predicted octanol–water partition coefficient (Wildman–Crippen LogP) is 2.96. The Morgan fingerprint density at radius 2 is 1.74 bits per heavy atom. The summed E-state index contributed by atoms with van der Waals surface area (Å²) in [4.78, 5) is 18.5. The summed E-state index contributed by atoms with van der Waals surface area (Å²) in [6, 6.07) is 7.39. The van der Waals surface area contributed by atoms with Gasteiger partial charge in [0.05, 0.1) is 23.4 Å². The van der Waals surface area contributed by atoms with Gasteiger partial charge in [0.1, 0.15) is 32.8 Å². The minimum absolute atomic E-state index is 0.0624. The first-order chi connectivity index (χ1) is 16.4. The van der Waals surface area contributed by atoms with Gasteiger partial charge in [-0.05, 0) is 41.5 Å². The Kier molecular flexibility index (Phi) is 5.05. The van der Waals surface area contributed by atoms with Crippen LogP contribution in [0.3, 0.4) is 0 Å². The fourth-order valence-corrected chi connectivity index (χ4v) is 4.63. The number of pyridine rings is 1. The van der Waals surface area contributed by atoms with Crippen molar-refractivity contribution in [2.75, 3.05) is 0 Å². The van der Waals surface area contributed by atoms with Crippen LogP contribution in [-0.4, -0.2) is 41.3 Å². The summed E-state index contributed by atoms with van der Waals surface area (Å²) in [5.41, 5.74) is -0.399. The van der Waals surface area contributed by atoms with Crippen molar-refractivity contribution in [2.45, 2.75) is 18.1 Å². The molecule has 1 aliphatic heterocycles. The molecule has 0 fully saturated rings. The van der Waals surface area contributed by atoms with Gasteiger partial charge in [0.15, 0.2) is 0 Å². The summed E-state index contributed by atoms with van der Waals surface area (Å²) < 4.78 is 72.0. The van der Waals surface area contributed by atoms with E-state index >= 15 is 8.78 Å². The summed E-state index contributed by atoms with van der Waals surface area (Å²) in [5, 5.41) is 3.13. The third kappa shape index (κ3) is 3.59.